The minimum absolute atomic E-state index is 1.07. The molecule has 0 nitrogen and oxygen atoms in total. The van der Waals surface area contributed by atoms with Crippen molar-refractivity contribution in [3.05, 3.63) is 83.3 Å². The lowest BCUT2D eigenvalue weighted by molar-refractivity contribution is 0.575. The quantitative estimate of drug-likeness (QED) is 0.182. The minimum Gasteiger partial charge on any atom is -0.127 e. The van der Waals surface area contributed by atoms with Gasteiger partial charge >= 0.3 is 0 Å². The first kappa shape index (κ1) is 26.6. The first-order valence-electron chi connectivity index (χ1n) is 10.8. The summed E-state index contributed by atoms with van der Waals surface area (Å²) in [5.41, 5.74) is 23.8. The summed E-state index contributed by atoms with van der Waals surface area (Å²) in [5, 5.41) is 0. The summed E-state index contributed by atoms with van der Waals surface area (Å²) in [4.78, 5) is 2.55. The maximum Gasteiger partial charge on any atom is 0.0784 e. The van der Waals surface area contributed by atoms with Crippen LogP contribution < -0.4 is 0 Å². The van der Waals surface area contributed by atoms with Crippen LogP contribution in [0, 0.1) is 0 Å². The molecule has 0 unspecified atom stereocenters. The van der Waals surface area contributed by atoms with Crippen molar-refractivity contribution >= 4 is 60.6 Å². The minimum atomic E-state index is 1.07. The normalized spacial score (nSPS) is 9.34. The number of thiophene rings is 2. The van der Waals surface area contributed by atoms with Crippen LogP contribution >= 0.6 is 54.5 Å². The molecule has 0 aliphatic carbocycles. The van der Waals surface area contributed by atoms with Gasteiger partial charge in [0.25, 0.3) is 0 Å². The molecule has 0 fully saturated rings. The van der Waals surface area contributed by atoms with Gasteiger partial charge in [0.1, 0.15) is 0 Å². The van der Waals surface area contributed by atoms with Crippen molar-refractivity contribution in [2.75, 3.05) is 0 Å². The number of hydrogen-bond acceptors (Lipinski definition) is 2. The predicted octanol–water partition coefficient (Wildman–Crippen LogP) is 10.6. The summed E-state index contributed by atoms with van der Waals surface area (Å²) in [5.74, 6) is 0. The van der Waals surface area contributed by atoms with Gasteiger partial charge in [0.15, 0.2) is 0 Å². The standard InChI is InChI=1S/C28H26Br2S2/c1-3-5-7-9-11-13-15-17-19-23-21-25(31-27(23)29)26-22-24(28(30)32-26)20-18-16-14-12-10-8-6-4-2/h19,21-22H,1,4,6,8,10,12,14,16,18,20H2,2H3. The number of aryl methyl sites for hydroxylation is 1. The summed E-state index contributed by atoms with van der Waals surface area (Å²) in [6.07, 6.45) is 13.8. The Hall–Kier alpha value is -1.66. The Balaban J connectivity index is 2.00. The zero-order valence-corrected chi connectivity index (χ0v) is 23.2. The second-order valence-corrected chi connectivity index (χ2v) is 11.9. The Labute approximate surface area is 217 Å². The van der Waals surface area contributed by atoms with Crippen LogP contribution in [0.5, 0.6) is 0 Å². The van der Waals surface area contributed by atoms with E-state index >= 15 is 0 Å². The van der Waals surface area contributed by atoms with Crippen LogP contribution in [0.4, 0.5) is 0 Å². The Bertz CT molecular complexity index is 1190. The average Bonchev–Trinajstić information content (AvgIpc) is 3.34. The third-order valence-electron chi connectivity index (χ3n) is 4.71. The van der Waals surface area contributed by atoms with Crippen molar-refractivity contribution in [3.63, 3.8) is 0 Å². The van der Waals surface area contributed by atoms with Crippen LogP contribution in [-0.2, 0) is 6.42 Å². The van der Waals surface area contributed by atoms with Crippen LogP contribution in [0.25, 0.3) is 15.8 Å². The molecule has 2 aromatic rings. The summed E-state index contributed by atoms with van der Waals surface area (Å²) in [6.45, 7) is 5.66. The highest BCUT2D eigenvalue weighted by Crippen LogP contribution is 2.42. The number of hydrogen-bond donors (Lipinski definition) is 0. The molecule has 0 saturated heterocycles. The molecule has 0 aliphatic heterocycles. The molecule has 0 atom stereocenters. The van der Waals surface area contributed by atoms with Crippen LogP contribution in [-0.4, -0.2) is 0 Å². The largest absolute Gasteiger partial charge is 0.127 e. The van der Waals surface area contributed by atoms with E-state index in [1.54, 1.807) is 11.3 Å². The lowest BCUT2D eigenvalue weighted by Gasteiger charge is -2.01. The van der Waals surface area contributed by atoms with E-state index in [0.717, 1.165) is 15.8 Å². The maximum absolute atomic E-state index is 3.78. The molecule has 0 saturated carbocycles. The van der Waals surface area contributed by atoms with Gasteiger partial charge < -0.3 is 0 Å². The fourth-order valence-corrected chi connectivity index (χ4v) is 6.53. The molecule has 0 bridgehead atoms. The summed E-state index contributed by atoms with van der Waals surface area (Å²) < 4.78 is 2.33. The summed E-state index contributed by atoms with van der Waals surface area (Å²) >= 11 is 11.0. The van der Waals surface area contributed by atoms with Crippen LogP contribution in [0.15, 0.2) is 72.1 Å². The zero-order chi connectivity index (χ0) is 23.0. The van der Waals surface area contributed by atoms with E-state index in [2.05, 4.69) is 103 Å². The lowest BCUT2D eigenvalue weighted by Crippen LogP contribution is -1.85. The van der Waals surface area contributed by atoms with E-state index in [0.29, 0.717) is 0 Å². The van der Waals surface area contributed by atoms with Crippen molar-refractivity contribution in [1.29, 1.82) is 0 Å². The Morgan fingerprint density at radius 3 is 2.09 bits per heavy atom. The summed E-state index contributed by atoms with van der Waals surface area (Å²) in [7, 11) is 0. The third kappa shape index (κ3) is 9.86. The van der Waals surface area contributed by atoms with Crippen molar-refractivity contribution < 1.29 is 0 Å². The lowest BCUT2D eigenvalue weighted by atomic mass is 10.1. The molecule has 32 heavy (non-hydrogen) atoms. The Morgan fingerprint density at radius 1 is 0.781 bits per heavy atom. The van der Waals surface area contributed by atoms with E-state index in [4.69, 9.17) is 0 Å². The van der Waals surface area contributed by atoms with E-state index in [-0.39, 0.29) is 0 Å². The number of unbranched alkanes of at least 4 members (excludes halogenated alkanes) is 7. The number of rotatable bonds is 11. The fourth-order valence-electron chi connectivity index (χ4n) is 3.07. The van der Waals surface area contributed by atoms with Crippen LogP contribution in [0.3, 0.4) is 0 Å². The van der Waals surface area contributed by atoms with E-state index in [1.165, 1.54) is 70.5 Å². The second kappa shape index (κ2) is 16.0. The number of halogens is 2. The van der Waals surface area contributed by atoms with Gasteiger partial charge in [0.05, 0.1) is 7.57 Å². The van der Waals surface area contributed by atoms with Gasteiger partial charge in [-0.3, -0.25) is 0 Å². The molecule has 2 heterocycles. The molecule has 2 rings (SSSR count). The molecular weight excluding hydrogens is 560 g/mol. The van der Waals surface area contributed by atoms with Gasteiger partial charge in [-0.15, -0.1) is 22.7 Å². The maximum atomic E-state index is 3.78. The average molecular weight is 586 g/mol. The van der Waals surface area contributed by atoms with Crippen molar-refractivity contribution in [2.45, 2.75) is 64.7 Å². The van der Waals surface area contributed by atoms with E-state index < -0.39 is 0 Å². The highest BCUT2D eigenvalue weighted by Gasteiger charge is 2.12. The van der Waals surface area contributed by atoms with Gasteiger partial charge in [-0.1, -0.05) is 63.3 Å². The van der Waals surface area contributed by atoms with Crippen LogP contribution in [0.2, 0.25) is 0 Å². The van der Waals surface area contributed by atoms with Gasteiger partial charge in [-0.2, -0.15) is 0 Å². The van der Waals surface area contributed by atoms with Crippen molar-refractivity contribution in [2.24, 2.45) is 0 Å². The van der Waals surface area contributed by atoms with Crippen molar-refractivity contribution in [1.82, 2.24) is 0 Å². The highest BCUT2D eigenvalue weighted by atomic mass is 79.9. The first-order chi connectivity index (χ1) is 15.7. The SMILES string of the molecule is C=C=C=C=C=C=C=C=C=Cc1cc(-c2cc(CCCCCCCCCC)c(Br)s2)sc1Br. The van der Waals surface area contributed by atoms with Crippen molar-refractivity contribution in [3.8, 4) is 9.75 Å². The first-order valence-corrected chi connectivity index (χ1v) is 14.1. The molecule has 164 valence electrons. The van der Waals surface area contributed by atoms with Gasteiger partial charge in [-0.25, -0.2) is 0 Å². The smallest absolute Gasteiger partial charge is 0.0784 e. The van der Waals surface area contributed by atoms with E-state index in [9.17, 15) is 0 Å². The van der Waals surface area contributed by atoms with Gasteiger partial charge in [0.2, 0.25) is 0 Å². The molecule has 4 heteroatoms. The molecule has 0 spiro atoms. The molecule has 0 aromatic carbocycles. The molecule has 0 aliphatic rings. The Kier molecular flexibility index (Phi) is 13.3. The van der Waals surface area contributed by atoms with Gasteiger partial charge in [0, 0.05) is 15.3 Å². The molecule has 0 amide bonds. The third-order valence-corrected chi connectivity index (χ3v) is 8.75. The second-order valence-electron chi connectivity index (χ2n) is 7.19. The molecule has 0 radical (unpaired) electrons. The van der Waals surface area contributed by atoms with Gasteiger partial charge in [-0.05, 0) is 109 Å². The molecular formula is C28H26Br2S2. The zero-order valence-electron chi connectivity index (χ0n) is 18.4. The van der Waals surface area contributed by atoms with Crippen LogP contribution in [0.1, 0.15) is 69.4 Å². The molecule has 2 aromatic heterocycles. The predicted molar refractivity (Wildman–Crippen MR) is 148 cm³/mol. The highest BCUT2D eigenvalue weighted by molar-refractivity contribution is 9.11. The fraction of sp³-hybridized carbons (Fsp3) is 0.357. The Morgan fingerprint density at radius 2 is 1.38 bits per heavy atom. The van der Waals surface area contributed by atoms with E-state index in [1.807, 2.05) is 17.4 Å². The monoisotopic (exact) mass is 584 g/mol. The topological polar surface area (TPSA) is 0 Å². The molecule has 0 N–H and O–H groups in total. The summed E-state index contributed by atoms with van der Waals surface area (Å²) in [6, 6.07) is 4.52.